The Morgan fingerprint density at radius 2 is 1.71 bits per heavy atom. The normalized spacial score (nSPS) is 10.4. The second-order valence-electron chi connectivity index (χ2n) is 6.03. The molecule has 0 aliphatic carbocycles. The molecule has 0 bridgehead atoms. The molecule has 0 atom stereocenters. The van der Waals surface area contributed by atoms with Gasteiger partial charge in [-0.25, -0.2) is 4.98 Å². The molecule has 0 saturated heterocycles. The van der Waals surface area contributed by atoms with Crippen LogP contribution < -0.4 is 10.6 Å². The Bertz CT molecular complexity index is 898. The van der Waals surface area contributed by atoms with Gasteiger partial charge < -0.3 is 5.32 Å². The predicted octanol–water partition coefficient (Wildman–Crippen LogP) is 3.99. The Balaban J connectivity index is 1.36. The first kappa shape index (κ1) is 20.1. The van der Waals surface area contributed by atoms with Gasteiger partial charge in [0.15, 0.2) is 5.13 Å². The Morgan fingerprint density at radius 1 is 1.00 bits per heavy atom. The highest BCUT2D eigenvalue weighted by Gasteiger charge is 2.11. The molecule has 0 spiro atoms. The van der Waals surface area contributed by atoms with Gasteiger partial charge in [-0.2, -0.15) is 11.8 Å². The second-order valence-corrected chi connectivity index (χ2v) is 7.99. The van der Waals surface area contributed by atoms with Crippen molar-refractivity contribution in [1.82, 2.24) is 10.3 Å². The van der Waals surface area contributed by atoms with Crippen molar-refractivity contribution in [3.8, 4) is 0 Å². The molecular formula is C21H21N3O2S2. The summed E-state index contributed by atoms with van der Waals surface area (Å²) in [4.78, 5) is 28.5. The molecular weight excluding hydrogens is 390 g/mol. The molecule has 0 aliphatic rings. The summed E-state index contributed by atoms with van der Waals surface area (Å²) in [5.74, 6) is 1.52. The van der Waals surface area contributed by atoms with Gasteiger partial charge in [0.2, 0.25) is 5.91 Å². The first-order valence-corrected chi connectivity index (χ1v) is 10.9. The topological polar surface area (TPSA) is 71.1 Å². The zero-order chi connectivity index (χ0) is 19.6. The van der Waals surface area contributed by atoms with E-state index in [0.29, 0.717) is 22.9 Å². The molecule has 0 saturated carbocycles. The summed E-state index contributed by atoms with van der Waals surface area (Å²) in [6.07, 6.45) is 0.209. The average molecular weight is 412 g/mol. The van der Waals surface area contributed by atoms with Crippen molar-refractivity contribution in [2.75, 3.05) is 17.6 Å². The van der Waals surface area contributed by atoms with E-state index in [4.69, 9.17) is 0 Å². The van der Waals surface area contributed by atoms with Crippen molar-refractivity contribution in [1.29, 1.82) is 0 Å². The molecule has 144 valence electrons. The number of carbonyl (C=O) groups is 2. The summed E-state index contributed by atoms with van der Waals surface area (Å²) in [5.41, 5.74) is 2.51. The highest BCUT2D eigenvalue weighted by atomic mass is 32.2. The van der Waals surface area contributed by atoms with E-state index in [0.717, 1.165) is 11.5 Å². The number of aromatic nitrogens is 1. The Morgan fingerprint density at radius 3 is 2.46 bits per heavy atom. The van der Waals surface area contributed by atoms with Gasteiger partial charge in [-0.1, -0.05) is 48.5 Å². The quantitative estimate of drug-likeness (QED) is 0.523. The van der Waals surface area contributed by atoms with Crippen molar-refractivity contribution in [3.05, 3.63) is 82.9 Å². The van der Waals surface area contributed by atoms with Crippen molar-refractivity contribution in [3.63, 3.8) is 0 Å². The number of benzene rings is 2. The van der Waals surface area contributed by atoms with Crippen LogP contribution in [0, 0.1) is 0 Å². The number of carbonyl (C=O) groups excluding carboxylic acids is 2. The fourth-order valence-corrected chi connectivity index (χ4v) is 3.98. The van der Waals surface area contributed by atoms with E-state index in [-0.39, 0.29) is 18.2 Å². The first-order valence-electron chi connectivity index (χ1n) is 8.90. The third-order valence-electron chi connectivity index (χ3n) is 3.83. The number of nitrogens with one attached hydrogen (secondary N) is 2. The minimum atomic E-state index is -0.207. The van der Waals surface area contributed by atoms with Gasteiger partial charge in [-0.05, 0) is 17.7 Å². The summed E-state index contributed by atoms with van der Waals surface area (Å²) < 4.78 is 0. The Hall–Kier alpha value is -2.64. The fourth-order valence-electron chi connectivity index (χ4n) is 2.46. The van der Waals surface area contributed by atoms with Crippen LogP contribution in [0.15, 0.2) is 66.0 Å². The summed E-state index contributed by atoms with van der Waals surface area (Å²) in [6, 6.07) is 19.2. The highest BCUT2D eigenvalue weighted by molar-refractivity contribution is 7.98. The van der Waals surface area contributed by atoms with E-state index >= 15 is 0 Å². The molecule has 2 N–H and O–H groups in total. The van der Waals surface area contributed by atoms with Crippen LogP contribution >= 0.6 is 23.1 Å². The van der Waals surface area contributed by atoms with Gasteiger partial charge in [0, 0.05) is 29.0 Å². The summed E-state index contributed by atoms with van der Waals surface area (Å²) >= 11 is 3.10. The number of thiazole rings is 1. The molecule has 3 aromatic rings. The van der Waals surface area contributed by atoms with Crippen molar-refractivity contribution in [2.45, 2.75) is 12.2 Å². The summed E-state index contributed by atoms with van der Waals surface area (Å²) in [7, 11) is 0. The van der Waals surface area contributed by atoms with Crippen molar-refractivity contribution >= 4 is 40.0 Å². The maximum Gasteiger partial charge on any atom is 0.257 e. The van der Waals surface area contributed by atoms with E-state index in [1.807, 2.05) is 36.4 Å². The summed E-state index contributed by atoms with van der Waals surface area (Å²) in [6.45, 7) is 0.623. The van der Waals surface area contributed by atoms with Gasteiger partial charge in [0.05, 0.1) is 12.1 Å². The average Bonchev–Trinajstić information content (AvgIpc) is 3.15. The number of amides is 2. The standard InChI is InChI=1S/C21H21N3O2S2/c25-19(22-11-12-27-14-16-7-3-1-4-8-16)13-18-15-28-21(23-18)24-20(26)17-9-5-2-6-10-17/h1-10,15H,11-14H2,(H,22,25)(H,23,24,26). The van der Waals surface area contributed by atoms with Crippen LogP contribution in [0.1, 0.15) is 21.6 Å². The van der Waals surface area contributed by atoms with Gasteiger partial charge in [-0.15, -0.1) is 11.3 Å². The number of hydrogen-bond acceptors (Lipinski definition) is 5. The van der Waals surface area contributed by atoms with Crippen LogP contribution in [-0.2, 0) is 17.0 Å². The van der Waals surface area contributed by atoms with Gasteiger partial charge >= 0.3 is 0 Å². The SMILES string of the molecule is O=C(Cc1csc(NC(=O)c2ccccc2)n1)NCCSCc1ccccc1. The lowest BCUT2D eigenvalue weighted by Gasteiger charge is -2.04. The molecule has 5 nitrogen and oxygen atoms in total. The van der Waals surface area contributed by atoms with Crippen LogP contribution in [0.4, 0.5) is 5.13 Å². The van der Waals surface area contributed by atoms with Gasteiger partial charge in [0.1, 0.15) is 0 Å². The minimum absolute atomic E-state index is 0.0634. The van der Waals surface area contributed by atoms with E-state index in [2.05, 4.69) is 27.8 Å². The molecule has 1 aromatic heterocycles. The molecule has 7 heteroatoms. The lowest BCUT2D eigenvalue weighted by molar-refractivity contribution is -0.120. The zero-order valence-corrected chi connectivity index (χ0v) is 16.9. The van der Waals surface area contributed by atoms with Crippen LogP contribution in [-0.4, -0.2) is 29.1 Å². The van der Waals surface area contributed by atoms with Gasteiger partial charge in [0.25, 0.3) is 5.91 Å². The minimum Gasteiger partial charge on any atom is -0.355 e. The van der Waals surface area contributed by atoms with Crippen molar-refractivity contribution in [2.24, 2.45) is 0 Å². The van der Waals surface area contributed by atoms with E-state index < -0.39 is 0 Å². The molecule has 0 fully saturated rings. The molecule has 2 aromatic carbocycles. The van der Waals surface area contributed by atoms with E-state index in [1.165, 1.54) is 16.9 Å². The molecule has 3 rings (SSSR count). The summed E-state index contributed by atoms with van der Waals surface area (Å²) in [5, 5.41) is 7.96. The highest BCUT2D eigenvalue weighted by Crippen LogP contribution is 2.17. The van der Waals surface area contributed by atoms with Crippen molar-refractivity contribution < 1.29 is 9.59 Å². The number of nitrogens with zero attached hydrogens (tertiary/aromatic N) is 1. The Kier molecular flexibility index (Phi) is 7.63. The molecule has 2 amide bonds. The lowest BCUT2D eigenvalue weighted by atomic mass is 10.2. The zero-order valence-electron chi connectivity index (χ0n) is 15.3. The van der Waals surface area contributed by atoms with Crippen LogP contribution in [0.25, 0.3) is 0 Å². The van der Waals surface area contributed by atoms with E-state index in [1.54, 1.807) is 29.3 Å². The van der Waals surface area contributed by atoms with Crippen LogP contribution in [0.5, 0.6) is 0 Å². The fraction of sp³-hybridized carbons (Fsp3) is 0.190. The van der Waals surface area contributed by atoms with E-state index in [9.17, 15) is 9.59 Å². The molecule has 1 heterocycles. The Labute approximate surface area is 172 Å². The van der Waals surface area contributed by atoms with Crippen LogP contribution in [0.3, 0.4) is 0 Å². The predicted molar refractivity (Wildman–Crippen MR) is 116 cm³/mol. The lowest BCUT2D eigenvalue weighted by Crippen LogP contribution is -2.27. The maximum absolute atomic E-state index is 12.1. The molecule has 0 unspecified atom stereocenters. The maximum atomic E-state index is 12.1. The van der Waals surface area contributed by atoms with Gasteiger partial charge in [-0.3, -0.25) is 14.9 Å². The third kappa shape index (κ3) is 6.51. The molecule has 0 aliphatic heterocycles. The number of rotatable bonds is 9. The molecule has 28 heavy (non-hydrogen) atoms. The monoisotopic (exact) mass is 411 g/mol. The number of hydrogen-bond donors (Lipinski definition) is 2. The molecule has 0 radical (unpaired) electrons. The van der Waals surface area contributed by atoms with Crippen LogP contribution in [0.2, 0.25) is 0 Å². The third-order valence-corrected chi connectivity index (χ3v) is 5.67. The second kappa shape index (κ2) is 10.6. The number of thioether (sulfide) groups is 1. The first-order chi connectivity index (χ1) is 13.7. The smallest absolute Gasteiger partial charge is 0.257 e. The number of anilines is 1. The largest absolute Gasteiger partial charge is 0.355 e.